The van der Waals surface area contributed by atoms with E-state index in [0.717, 1.165) is 49.5 Å². The van der Waals surface area contributed by atoms with Gasteiger partial charge in [0.05, 0.1) is 0 Å². The van der Waals surface area contributed by atoms with Crippen molar-refractivity contribution >= 4 is 61.4 Å². The zero-order valence-corrected chi connectivity index (χ0v) is 21.8. The topological polar surface area (TPSA) is 17.1 Å². The molecule has 0 fully saturated rings. The minimum absolute atomic E-state index is 0.142. The predicted molar refractivity (Wildman–Crippen MR) is 160 cm³/mol. The van der Waals surface area contributed by atoms with Gasteiger partial charge in [-0.3, -0.25) is 0 Å². The molecule has 0 saturated heterocycles. The SMILES string of the molecule is O=P(c1cc(F)cc(F)c1)(c1cc2ccccc2c2c1C=CC=CC2)c1cc2ccccc2c2ccccc12. The third kappa shape index (κ3) is 3.77. The Balaban J connectivity index is 1.70. The van der Waals surface area contributed by atoms with Crippen molar-refractivity contribution in [3.63, 3.8) is 0 Å². The quantitative estimate of drug-likeness (QED) is 0.167. The lowest BCUT2D eigenvalue weighted by atomic mass is 9.97. The van der Waals surface area contributed by atoms with Gasteiger partial charge in [0.1, 0.15) is 11.6 Å². The molecule has 1 nitrogen and oxygen atoms in total. The molecule has 1 aliphatic rings. The molecule has 0 spiro atoms. The number of rotatable bonds is 3. The van der Waals surface area contributed by atoms with E-state index in [9.17, 15) is 8.78 Å². The number of allylic oxidation sites excluding steroid dienone is 3. The van der Waals surface area contributed by atoms with Crippen LogP contribution in [0.2, 0.25) is 0 Å². The standard InChI is InChI=1S/C35H23F2OP/c36-25-20-26(37)22-27(21-25)39(38,35-19-24-11-5-7-13-29(24)31-15-8-9-17-33(31)35)34-18-23-10-4-6-12-28(23)30-14-2-1-3-16-32(30)34/h1-13,15-22H,14H2. The molecule has 0 aromatic heterocycles. The monoisotopic (exact) mass is 528 g/mol. The number of hydrogen-bond acceptors (Lipinski definition) is 1. The van der Waals surface area contributed by atoms with Crippen molar-refractivity contribution < 1.29 is 13.3 Å². The van der Waals surface area contributed by atoms with Gasteiger partial charge < -0.3 is 4.57 Å². The van der Waals surface area contributed by atoms with Gasteiger partial charge in [-0.25, -0.2) is 8.78 Å². The highest BCUT2D eigenvalue weighted by Gasteiger charge is 2.36. The van der Waals surface area contributed by atoms with E-state index in [0.29, 0.717) is 17.0 Å². The largest absolute Gasteiger partial charge is 0.309 e. The molecule has 1 aliphatic carbocycles. The van der Waals surface area contributed by atoms with Gasteiger partial charge in [-0.05, 0) is 74.1 Å². The summed E-state index contributed by atoms with van der Waals surface area (Å²) in [5.41, 5.74) is 1.89. The zero-order chi connectivity index (χ0) is 26.6. The molecule has 4 heteroatoms. The molecule has 0 bridgehead atoms. The van der Waals surface area contributed by atoms with Gasteiger partial charge in [0.25, 0.3) is 0 Å². The zero-order valence-electron chi connectivity index (χ0n) is 20.9. The molecule has 1 unspecified atom stereocenters. The van der Waals surface area contributed by atoms with Crippen LogP contribution in [0.5, 0.6) is 0 Å². The van der Waals surface area contributed by atoms with Gasteiger partial charge in [-0.2, -0.15) is 0 Å². The highest BCUT2D eigenvalue weighted by atomic mass is 31.2. The Kier molecular flexibility index (Phi) is 5.58. The molecule has 0 radical (unpaired) electrons. The molecule has 0 aliphatic heterocycles. The van der Waals surface area contributed by atoms with E-state index in [4.69, 9.17) is 0 Å². The van der Waals surface area contributed by atoms with E-state index in [1.807, 2.05) is 97.1 Å². The number of halogens is 2. The van der Waals surface area contributed by atoms with Crippen LogP contribution in [0.1, 0.15) is 11.1 Å². The second kappa shape index (κ2) is 9.15. The second-order valence-corrected chi connectivity index (χ2v) is 12.6. The van der Waals surface area contributed by atoms with Crippen molar-refractivity contribution in [3.05, 3.63) is 144 Å². The maximum Gasteiger partial charge on any atom is 0.172 e. The molecule has 6 aromatic rings. The summed E-state index contributed by atoms with van der Waals surface area (Å²) < 4.78 is 45.7. The Labute approximate surface area is 225 Å². The summed E-state index contributed by atoms with van der Waals surface area (Å²) >= 11 is 0. The van der Waals surface area contributed by atoms with Crippen molar-refractivity contribution in [2.75, 3.05) is 0 Å². The molecule has 7 rings (SSSR count). The average Bonchev–Trinajstić information content (AvgIpc) is 3.22. The molecule has 39 heavy (non-hydrogen) atoms. The van der Waals surface area contributed by atoms with Crippen LogP contribution in [0.3, 0.4) is 0 Å². The molecule has 0 amide bonds. The lowest BCUT2D eigenvalue weighted by Crippen LogP contribution is -2.29. The second-order valence-electron chi connectivity index (χ2n) is 9.90. The summed E-state index contributed by atoms with van der Waals surface area (Å²) in [6, 6.07) is 31.0. The van der Waals surface area contributed by atoms with Gasteiger partial charge >= 0.3 is 0 Å². The van der Waals surface area contributed by atoms with Crippen LogP contribution in [-0.4, -0.2) is 0 Å². The first-order valence-electron chi connectivity index (χ1n) is 12.9. The van der Waals surface area contributed by atoms with Gasteiger partial charge in [0, 0.05) is 22.0 Å². The van der Waals surface area contributed by atoms with Crippen LogP contribution in [0.15, 0.2) is 121 Å². The predicted octanol–water partition coefficient (Wildman–Crippen LogP) is 8.19. The lowest BCUT2D eigenvalue weighted by molar-refractivity contribution is 0.580. The summed E-state index contributed by atoms with van der Waals surface area (Å²) in [6.07, 6.45) is 8.64. The van der Waals surface area contributed by atoms with Crippen LogP contribution >= 0.6 is 7.14 Å². The maximum atomic E-state index is 16.0. The van der Waals surface area contributed by atoms with Gasteiger partial charge in [-0.15, -0.1) is 0 Å². The first kappa shape index (κ1) is 23.8. The smallest absolute Gasteiger partial charge is 0.172 e. The van der Waals surface area contributed by atoms with Gasteiger partial charge in [-0.1, -0.05) is 97.1 Å². The fraction of sp³-hybridized carbons (Fsp3) is 0.0286. The highest BCUT2D eigenvalue weighted by Crippen LogP contribution is 2.48. The Morgan fingerprint density at radius 3 is 1.92 bits per heavy atom. The third-order valence-corrected chi connectivity index (χ3v) is 10.7. The van der Waals surface area contributed by atoms with Crippen molar-refractivity contribution in [2.24, 2.45) is 0 Å². The Hall–Kier alpha value is -4.33. The Bertz CT molecular complexity index is 2030. The molecular weight excluding hydrogens is 505 g/mol. The Morgan fingerprint density at radius 2 is 1.18 bits per heavy atom. The van der Waals surface area contributed by atoms with E-state index < -0.39 is 18.8 Å². The van der Waals surface area contributed by atoms with Crippen molar-refractivity contribution in [2.45, 2.75) is 6.42 Å². The molecule has 0 heterocycles. The molecule has 6 aromatic carbocycles. The minimum Gasteiger partial charge on any atom is -0.309 e. The van der Waals surface area contributed by atoms with E-state index in [-0.39, 0.29) is 5.30 Å². The summed E-state index contributed by atoms with van der Waals surface area (Å²) in [6.45, 7) is 0. The third-order valence-electron chi connectivity index (χ3n) is 7.65. The van der Waals surface area contributed by atoms with E-state index in [1.54, 1.807) is 0 Å². The number of hydrogen-bond donors (Lipinski definition) is 0. The molecule has 1 atom stereocenters. The summed E-state index contributed by atoms with van der Waals surface area (Å²) in [5.74, 6) is -1.50. The van der Waals surface area contributed by atoms with E-state index in [1.165, 1.54) is 12.1 Å². The fourth-order valence-electron chi connectivity index (χ4n) is 5.93. The van der Waals surface area contributed by atoms with Crippen LogP contribution < -0.4 is 15.9 Å². The highest BCUT2D eigenvalue weighted by molar-refractivity contribution is 7.85. The van der Waals surface area contributed by atoms with Crippen molar-refractivity contribution in [3.8, 4) is 0 Å². The molecular formula is C35H23F2OP. The van der Waals surface area contributed by atoms with Crippen LogP contribution in [0, 0.1) is 11.6 Å². The average molecular weight is 529 g/mol. The fourth-order valence-corrected chi connectivity index (χ4v) is 9.08. The molecule has 188 valence electrons. The first-order valence-corrected chi connectivity index (χ1v) is 14.6. The van der Waals surface area contributed by atoms with E-state index in [2.05, 4.69) is 12.1 Å². The summed E-state index contributed by atoms with van der Waals surface area (Å²) in [4.78, 5) is 0. The van der Waals surface area contributed by atoms with Crippen LogP contribution in [0.25, 0.3) is 38.4 Å². The summed E-state index contributed by atoms with van der Waals surface area (Å²) in [5, 5.41) is 7.04. The number of fused-ring (bicyclic) bond motifs is 6. The summed E-state index contributed by atoms with van der Waals surface area (Å²) in [7, 11) is -3.82. The van der Waals surface area contributed by atoms with Crippen LogP contribution in [0.4, 0.5) is 8.78 Å². The maximum absolute atomic E-state index is 16.0. The number of benzene rings is 6. The van der Waals surface area contributed by atoms with Crippen molar-refractivity contribution in [1.29, 1.82) is 0 Å². The minimum atomic E-state index is -3.82. The lowest BCUT2D eigenvalue weighted by Gasteiger charge is -2.26. The van der Waals surface area contributed by atoms with Gasteiger partial charge in [0.15, 0.2) is 7.14 Å². The first-order chi connectivity index (χ1) is 19.0. The van der Waals surface area contributed by atoms with Crippen molar-refractivity contribution in [1.82, 2.24) is 0 Å². The van der Waals surface area contributed by atoms with Gasteiger partial charge in [0.2, 0.25) is 0 Å². The van der Waals surface area contributed by atoms with E-state index >= 15 is 4.57 Å². The molecule has 0 saturated carbocycles. The molecule has 0 N–H and O–H groups in total. The van der Waals surface area contributed by atoms with Crippen LogP contribution in [-0.2, 0) is 11.0 Å². The normalized spacial score (nSPS) is 14.4. The Morgan fingerprint density at radius 1 is 0.590 bits per heavy atom.